The summed E-state index contributed by atoms with van der Waals surface area (Å²) in [5.41, 5.74) is 3.10. The van der Waals surface area contributed by atoms with E-state index in [4.69, 9.17) is 27.9 Å². The van der Waals surface area contributed by atoms with E-state index in [0.717, 1.165) is 35.4 Å². The summed E-state index contributed by atoms with van der Waals surface area (Å²) < 4.78 is 6.05. The number of hydrogen-bond donors (Lipinski definition) is 1. The highest BCUT2D eigenvalue weighted by molar-refractivity contribution is 6.42. The molecular weight excluding hydrogens is 445 g/mol. The van der Waals surface area contributed by atoms with E-state index >= 15 is 0 Å². The van der Waals surface area contributed by atoms with Gasteiger partial charge < -0.3 is 9.84 Å². The van der Waals surface area contributed by atoms with Crippen molar-refractivity contribution in [2.24, 2.45) is 5.92 Å². The number of halogens is 2. The Labute approximate surface area is 198 Å². The molecule has 1 aliphatic rings. The lowest BCUT2D eigenvalue weighted by Gasteiger charge is -2.37. The third-order valence-electron chi connectivity index (χ3n) is 5.85. The standard InChI is InChI=1S/C26H25Cl2NO3/c27-23-12-11-20(15-24(23)28)25(29-13-5-9-21(16-29)26(30)31)19-8-4-10-22(14-19)32-17-18-6-2-1-3-7-18/h1-4,6-8,10-12,14-15,21,25H,5,9,13,16-17H2,(H,30,31). The first-order chi connectivity index (χ1) is 15.5. The lowest BCUT2D eigenvalue weighted by atomic mass is 9.91. The van der Waals surface area contributed by atoms with E-state index in [2.05, 4.69) is 4.90 Å². The van der Waals surface area contributed by atoms with Crippen molar-refractivity contribution in [1.82, 2.24) is 4.90 Å². The van der Waals surface area contributed by atoms with Crippen molar-refractivity contribution in [3.63, 3.8) is 0 Å². The quantitative estimate of drug-likeness (QED) is 0.431. The van der Waals surface area contributed by atoms with Crippen molar-refractivity contribution in [2.45, 2.75) is 25.5 Å². The number of ether oxygens (including phenoxy) is 1. The fourth-order valence-corrected chi connectivity index (χ4v) is 4.56. The predicted molar refractivity (Wildman–Crippen MR) is 127 cm³/mol. The van der Waals surface area contributed by atoms with Crippen molar-refractivity contribution in [3.05, 3.63) is 99.5 Å². The Kier molecular flexibility index (Phi) is 7.36. The van der Waals surface area contributed by atoms with Gasteiger partial charge in [-0.05, 0) is 60.3 Å². The van der Waals surface area contributed by atoms with Crippen LogP contribution in [0.3, 0.4) is 0 Å². The van der Waals surface area contributed by atoms with Crippen LogP contribution in [0.1, 0.15) is 35.6 Å². The SMILES string of the molecule is O=C(O)C1CCCN(C(c2cccc(OCc3ccccc3)c2)c2ccc(Cl)c(Cl)c2)C1. The molecule has 4 rings (SSSR count). The summed E-state index contributed by atoms with van der Waals surface area (Å²) in [6.07, 6.45) is 1.53. The Morgan fingerprint density at radius 2 is 1.78 bits per heavy atom. The Morgan fingerprint density at radius 3 is 2.53 bits per heavy atom. The molecule has 6 heteroatoms. The molecule has 1 aliphatic heterocycles. The Balaban J connectivity index is 1.65. The van der Waals surface area contributed by atoms with Gasteiger partial charge in [0.25, 0.3) is 0 Å². The molecule has 4 nitrogen and oxygen atoms in total. The fourth-order valence-electron chi connectivity index (χ4n) is 4.25. The highest BCUT2D eigenvalue weighted by Crippen LogP contribution is 2.36. The van der Waals surface area contributed by atoms with E-state index in [0.29, 0.717) is 29.6 Å². The van der Waals surface area contributed by atoms with Crippen LogP contribution in [0.2, 0.25) is 10.0 Å². The molecule has 166 valence electrons. The van der Waals surface area contributed by atoms with Crippen LogP contribution in [0.15, 0.2) is 72.8 Å². The van der Waals surface area contributed by atoms with Gasteiger partial charge in [-0.3, -0.25) is 9.69 Å². The number of aliphatic carboxylic acids is 1. The number of rotatable bonds is 7. The van der Waals surface area contributed by atoms with E-state index in [-0.39, 0.29) is 12.0 Å². The van der Waals surface area contributed by atoms with E-state index < -0.39 is 5.97 Å². The number of nitrogens with zero attached hydrogens (tertiary/aromatic N) is 1. The van der Waals surface area contributed by atoms with Gasteiger partial charge >= 0.3 is 5.97 Å². The second-order valence-electron chi connectivity index (χ2n) is 8.10. The lowest BCUT2D eigenvalue weighted by molar-refractivity contribution is -0.143. The van der Waals surface area contributed by atoms with Gasteiger partial charge in [0.05, 0.1) is 22.0 Å². The molecule has 0 radical (unpaired) electrons. The number of benzene rings is 3. The second-order valence-corrected chi connectivity index (χ2v) is 8.91. The highest BCUT2D eigenvalue weighted by Gasteiger charge is 2.31. The number of carboxylic acid groups (broad SMARTS) is 1. The molecule has 3 aromatic rings. The molecule has 1 heterocycles. The van der Waals surface area contributed by atoms with E-state index in [1.807, 2.05) is 66.7 Å². The van der Waals surface area contributed by atoms with Gasteiger partial charge in [0, 0.05) is 6.54 Å². The summed E-state index contributed by atoms with van der Waals surface area (Å²) in [5.74, 6) is -0.364. The summed E-state index contributed by atoms with van der Waals surface area (Å²) >= 11 is 12.5. The molecule has 2 unspecified atom stereocenters. The Hall–Kier alpha value is -2.53. The molecule has 32 heavy (non-hydrogen) atoms. The molecule has 0 aromatic heterocycles. The zero-order valence-corrected chi connectivity index (χ0v) is 19.1. The van der Waals surface area contributed by atoms with Crippen LogP contribution in [-0.4, -0.2) is 29.1 Å². The molecule has 2 atom stereocenters. The van der Waals surface area contributed by atoms with Gasteiger partial charge in [-0.2, -0.15) is 0 Å². The van der Waals surface area contributed by atoms with Gasteiger partial charge in [0.2, 0.25) is 0 Å². The summed E-state index contributed by atoms with van der Waals surface area (Å²) in [6, 6.07) is 23.5. The molecule has 0 spiro atoms. The second kappa shape index (κ2) is 10.4. The fraction of sp³-hybridized carbons (Fsp3) is 0.269. The average Bonchev–Trinajstić information content (AvgIpc) is 2.81. The number of carboxylic acids is 1. The lowest BCUT2D eigenvalue weighted by Crippen LogP contribution is -2.41. The maximum Gasteiger partial charge on any atom is 0.307 e. The van der Waals surface area contributed by atoms with Gasteiger partial charge in [-0.15, -0.1) is 0 Å². The molecule has 3 aromatic carbocycles. The molecule has 0 bridgehead atoms. The van der Waals surface area contributed by atoms with Gasteiger partial charge in [0.1, 0.15) is 12.4 Å². The Bertz CT molecular complexity index is 1070. The van der Waals surface area contributed by atoms with Crippen LogP contribution >= 0.6 is 23.2 Å². The molecule has 1 N–H and O–H groups in total. The summed E-state index contributed by atoms with van der Waals surface area (Å²) in [5, 5.41) is 10.6. The van der Waals surface area contributed by atoms with Crippen molar-refractivity contribution in [2.75, 3.05) is 13.1 Å². The van der Waals surface area contributed by atoms with E-state index in [9.17, 15) is 9.90 Å². The first-order valence-corrected chi connectivity index (χ1v) is 11.5. The minimum atomic E-state index is -0.748. The first kappa shape index (κ1) is 22.7. The zero-order chi connectivity index (χ0) is 22.5. The molecule has 1 fully saturated rings. The minimum Gasteiger partial charge on any atom is -0.489 e. The molecular formula is C26H25Cl2NO3. The van der Waals surface area contributed by atoms with E-state index in [1.54, 1.807) is 6.07 Å². The Morgan fingerprint density at radius 1 is 1.00 bits per heavy atom. The first-order valence-electron chi connectivity index (χ1n) is 10.7. The van der Waals surface area contributed by atoms with Crippen LogP contribution in [0.25, 0.3) is 0 Å². The average molecular weight is 470 g/mol. The molecule has 1 saturated heterocycles. The van der Waals surface area contributed by atoms with Crippen LogP contribution in [0.5, 0.6) is 5.75 Å². The van der Waals surface area contributed by atoms with Gasteiger partial charge in [-0.1, -0.05) is 71.7 Å². The summed E-state index contributed by atoms with van der Waals surface area (Å²) in [6.45, 7) is 1.77. The van der Waals surface area contributed by atoms with Crippen LogP contribution in [0.4, 0.5) is 0 Å². The van der Waals surface area contributed by atoms with Crippen molar-refractivity contribution in [3.8, 4) is 5.75 Å². The molecule has 0 saturated carbocycles. The third-order valence-corrected chi connectivity index (χ3v) is 6.59. The maximum atomic E-state index is 11.7. The predicted octanol–water partition coefficient (Wildman–Crippen LogP) is 6.46. The molecule has 0 aliphatic carbocycles. The maximum absolute atomic E-state index is 11.7. The highest BCUT2D eigenvalue weighted by atomic mass is 35.5. The van der Waals surface area contributed by atoms with Crippen molar-refractivity contribution >= 4 is 29.2 Å². The molecule has 0 amide bonds. The monoisotopic (exact) mass is 469 g/mol. The number of piperidine rings is 1. The van der Waals surface area contributed by atoms with Crippen molar-refractivity contribution in [1.29, 1.82) is 0 Å². The normalized spacial score (nSPS) is 17.6. The van der Waals surface area contributed by atoms with Gasteiger partial charge in [-0.25, -0.2) is 0 Å². The van der Waals surface area contributed by atoms with Gasteiger partial charge in [0.15, 0.2) is 0 Å². The number of carbonyl (C=O) groups is 1. The summed E-state index contributed by atoms with van der Waals surface area (Å²) in [4.78, 5) is 13.9. The minimum absolute atomic E-state index is 0.146. The largest absolute Gasteiger partial charge is 0.489 e. The van der Waals surface area contributed by atoms with E-state index in [1.165, 1.54) is 0 Å². The topological polar surface area (TPSA) is 49.8 Å². The number of hydrogen-bond acceptors (Lipinski definition) is 3. The summed E-state index contributed by atoms with van der Waals surface area (Å²) in [7, 11) is 0. The number of likely N-dealkylation sites (tertiary alicyclic amines) is 1. The van der Waals surface area contributed by atoms with Crippen LogP contribution in [0, 0.1) is 5.92 Å². The third kappa shape index (κ3) is 5.44. The smallest absolute Gasteiger partial charge is 0.307 e. The van der Waals surface area contributed by atoms with Crippen LogP contribution < -0.4 is 4.74 Å². The van der Waals surface area contributed by atoms with Crippen molar-refractivity contribution < 1.29 is 14.6 Å². The van der Waals surface area contributed by atoms with Crippen LogP contribution in [-0.2, 0) is 11.4 Å². The zero-order valence-electron chi connectivity index (χ0n) is 17.6.